The largest absolute Gasteiger partial charge is 0.436 e. The van der Waals surface area contributed by atoms with E-state index in [1.807, 2.05) is 42.6 Å². The van der Waals surface area contributed by atoms with Crippen LogP contribution in [-0.2, 0) is 0 Å². The number of aromatic nitrogens is 4. The molecule has 0 aliphatic carbocycles. The minimum atomic E-state index is 0.400. The fourth-order valence-corrected chi connectivity index (χ4v) is 5.86. The van der Waals surface area contributed by atoms with Gasteiger partial charge in [0.15, 0.2) is 5.76 Å². The fraction of sp³-hybridized carbons (Fsp3) is 0.500. The Morgan fingerprint density at radius 1 is 0.805 bits per heavy atom. The topological polar surface area (TPSA) is 86.0 Å². The molecule has 4 aromatic rings. The normalized spacial score (nSPS) is 14.6. The third-order valence-corrected chi connectivity index (χ3v) is 8.41. The highest BCUT2D eigenvalue weighted by atomic mass is 16.4. The van der Waals surface area contributed by atoms with E-state index in [9.17, 15) is 0 Å². The van der Waals surface area contributed by atoms with Gasteiger partial charge in [-0.25, -0.2) is 9.97 Å². The summed E-state index contributed by atoms with van der Waals surface area (Å²) in [6.07, 6.45) is 23.8. The Kier molecular flexibility index (Phi) is 10.6. The summed E-state index contributed by atoms with van der Waals surface area (Å²) < 4.78 is 8.19. The van der Waals surface area contributed by atoms with E-state index in [1.165, 1.54) is 70.8 Å². The molecule has 0 unspecified atom stereocenters. The summed E-state index contributed by atoms with van der Waals surface area (Å²) >= 11 is 0. The van der Waals surface area contributed by atoms with Crippen LogP contribution in [-0.4, -0.2) is 44.3 Å². The van der Waals surface area contributed by atoms with E-state index >= 15 is 0 Å². The van der Waals surface area contributed by atoms with Gasteiger partial charge in [-0.2, -0.15) is 5.10 Å². The van der Waals surface area contributed by atoms with Crippen LogP contribution in [0, 0.1) is 0 Å². The second kappa shape index (κ2) is 15.0. The molecule has 0 bridgehead atoms. The molecule has 1 aliphatic rings. The number of nitrogens with two attached hydrogens (primary N) is 1. The van der Waals surface area contributed by atoms with Gasteiger partial charge >= 0.3 is 0 Å². The summed E-state index contributed by atoms with van der Waals surface area (Å²) in [5, 5.41) is 4.74. The molecule has 41 heavy (non-hydrogen) atoms. The lowest BCUT2D eigenvalue weighted by Gasteiger charge is -2.32. The van der Waals surface area contributed by atoms with Crippen molar-refractivity contribution in [1.29, 1.82) is 0 Å². The Labute approximate surface area is 245 Å². The summed E-state index contributed by atoms with van der Waals surface area (Å²) in [6.45, 7) is 5.83. The Hall–Kier alpha value is -3.45. The zero-order valence-corrected chi connectivity index (χ0v) is 24.7. The van der Waals surface area contributed by atoms with E-state index in [1.54, 1.807) is 12.4 Å². The Balaban J connectivity index is 1.08. The van der Waals surface area contributed by atoms with Crippen molar-refractivity contribution in [3.63, 3.8) is 0 Å². The first-order valence-electron chi connectivity index (χ1n) is 15.8. The molecule has 0 spiro atoms. The quantitative estimate of drug-likeness (QED) is 0.148. The first-order chi connectivity index (χ1) is 20.2. The van der Waals surface area contributed by atoms with E-state index in [0.29, 0.717) is 29.1 Å². The maximum Gasteiger partial charge on any atom is 0.230 e. The van der Waals surface area contributed by atoms with Crippen LogP contribution in [0.5, 0.6) is 0 Å². The summed E-state index contributed by atoms with van der Waals surface area (Å²) in [5.74, 6) is 1.58. The lowest BCUT2D eigenvalue weighted by atomic mass is 10.0. The average Bonchev–Trinajstić information content (AvgIpc) is 3.70. The van der Waals surface area contributed by atoms with Gasteiger partial charge in [0.2, 0.25) is 5.89 Å². The van der Waals surface area contributed by atoms with E-state index in [2.05, 4.69) is 32.7 Å². The van der Waals surface area contributed by atoms with Gasteiger partial charge < -0.3 is 15.1 Å². The number of nitrogens with zero attached hydrogens (tertiary/aromatic N) is 5. The number of hydrogen-bond acceptors (Lipinski definition) is 6. The molecule has 1 saturated heterocycles. The number of piperidine rings is 1. The van der Waals surface area contributed by atoms with Crippen molar-refractivity contribution in [2.45, 2.75) is 90.0 Å². The van der Waals surface area contributed by atoms with Gasteiger partial charge in [-0.3, -0.25) is 4.68 Å². The number of anilines is 1. The number of pyridine rings is 1. The third kappa shape index (κ3) is 8.07. The molecule has 2 N–H and O–H groups in total. The molecular weight excluding hydrogens is 508 g/mol. The third-order valence-electron chi connectivity index (χ3n) is 8.41. The molecule has 1 aromatic carbocycles. The minimum absolute atomic E-state index is 0.400. The van der Waals surface area contributed by atoms with E-state index in [-0.39, 0.29) is 0 Å². The zero-order chi connectivity index (χ0) is 28.3. The van der Waals surface area contributed by atoms with Gasteiger partial charge in [0.05, 0.1) is 24.0 Å². The number of oxazole rings is 1. The molecule has 7 nitrogen and oxygen atoms in total. The monoisotopic (exact) mass is 554 g/mol. The Bertz CT molecular complexity index is 1320. The molecule has 3 aromatic heterocycles. The minimum Gasteiger partial charge on any atom is -0.436 e. The lowest BCUT2D eigenvalue weighted by molar-refractivity contribution is 0.177. The summed E-state index contributed by atoms with van der Waals surface area (Å²) in [5.41, 5.74) is 9.89. The van der Waals surface area contributed by atoms with E-state index in [0.717, 1.165) is 42.6 Å². The van der Waals surface area contributed by atoms with Gasteiger partial charge in [-0.1, -0.05) is 95.0 Å². The number of rotatable bonds is 15. The van der Waals surface area contributed by atoms with Crippen LogP contribution in [0.1, 0.15) is 90.0 Å². The van der Waals surface area contributed by atoms with Gasteiger partial charge in [0.25, 0.3) is 0 Å². The van der Waals surface area contributed by atoms with Crippen molar-refractivity contribution < 1.29 is 4.42 Å². The van der Waals surface area contributed by atoms with Crippen LogP contribution in [0.2, 0.25) is 0 Å². The molecular formula is C34H46N6O. The summed E-state index contributed by atoms with van der Waals surface area (Å²) in [4.78, 5) is 11.6. The molecule has 0 saturated carbocycles. The van der Waals surface area contributed by atoms with Gasteiger partial charge in [-0.15, -0.1) is 0 Å². The van der Waals surface area contributed by atoms with Crippen LogP contribution in [0.3, 0.4) is 0 Å². The molecule has 1 aliphatic heterocycles. The van der Waals surface area contributed by atoms with Crippen LogP contribution < -0.4 is 5.73 Å². The highest BCUT2D eigenvalue weighted by Gasteiger charge is 2.21. The number of hydrogen-bond donors (Lipinski definition) is 1. The SMILES string of the molecule is CCCCCCCCCCCCN1CCC(n2cc(-c3cnc(N)c(-c4ncc(-c5ccccc5)o4)c3)cn2)CC1. The van der Waals surface area contributed by atoms with Crippen molar-refractivity contribution in [3.8, 4) is 33.9 Å². The van der Waals surface area contributed by atoms with Crippen molar-refractivity contribution in [1.82, 2.24) is 24.6 Å². The van der Waals surface area contributed by atoms with E-state index in [4.69, 9.17) is 15.2 Å². The maximum atomic E-state index is 6.23. The summed E-state index contributed by atoms with van der Waals surface area (Å²) in [6, 6.07) is 12.4. The van der Waals surface area contributed by atoms with Gasteiger partial charge in [0, 0.05) is 42.2 Å². The fourth-order valence-electron chi connectivity index (χ4n) is 5.86. The van der Waals surface area contributed by atoms with Crippen molar-refractivity contribution >= 4 is 5.82 Å². The summed E-state index contributed by atoms with van der Waals surface area (Å²) in [7, 11) is 0. The van der Waals surface area contributed by atoms with Crippen LogP contribution in [0.25, 0.3) is 33.9 Å². The molecule has 4 heterocycles. The molecule has 5 rings (SSSR count). The Morgan fingerprint density at radius 3 is 2.24 bits per heavy atom. The number of likely N-dealkylation sites (tertiary alicyclic amines) is 1. The highest BCUT2D eigenvalue weighted by Crippen LogP contribution is 2.32. The standard InChI is InChI=1S/C34H46N6O/c1-2-3-4-5-6-7-8-9-10-14-19-39-20-17-30(18-21-39)40-26-29(24-38-40)28-22-31(33(35)36-23-28)34-37-25-32(41-34)27-15-12-11-13-16-27/h11-13,15-16,22-26,30H,2-10,14,17-21H2,1H3,(H2,35,36). The molecule has 218 valence electrons. The molecule has 0 amide bonds. The lowest BCUT2D eigenvalue weighted by Crippen LogP contribution is -2.35. The maximum absolute atomic E-state index is 6.23. The number of benzene rings is 1. The van der Waals surface area contributed by atoms with E-state index < -0.39 is 0 Å². The van der Waals surface area contributed by atoms with Crippen LogP contribution in [0.15, 0.2) is 65.6 Å². The average molecular weight is 555 g/mol. The first kappa shape index (κ1) is 29.1. The van der Waals surface area contributed by atoms with Crippen molar-refractivity contribution in [3.05, 3.63) is 61.2 Å². The van der Waals surface area contributed by atoms with Crippen LogP contribution in [0.4, 0.5) is 5.82 Å². The smallest absolute Gasteiger partial charge is 0.230 e. The second-order valence-corrected chi connectivity index (χ2v) is 11.5. The molecule has 1 fully saturated rings. The van der Waals surface area contributed by atoms with Gasteiger partial charge in [0.1, 0.15) is 5.82 Å². The molecule has 7 heteroatoms. The predicted octanol–water partition coefficient (Wildman–Crippen LogP) is 8.41. The second-order valence-electron chi connectivity index (χ2n) is 11.5. The van der Waals surface area contributed by atoms with Crippen molar-refractivity contribution in [2.75, 3.05) is 25.4 Å². The van der Waals surface area contributed by atoms with Crippen molar-refractivity contribution in [2.24, 2.45) is 0 Å². The van der Waals surface area contributed by atoms with Crippen LogP contribution >= 0.6 is 0 Å². The highest BCUT2D eigenvalue weighted by molar-refractivity contribution is 5.75. The first-order valence-corrected chi connectivity index (χ1v) is 15.8. The molecule has 0 atom stereocenters. The number of unbranched alkanes of at least 4 members (excludes halogenated alkanes) is 9. The Morgan fingerprint density at radius 2 is 1.51 bits per heavy atom. The zero-order valence-electron chi connectivity index (χ0n) is 24.7. The number of nitrogen functional groups attached to an aromatic ring is 1. The molecule has 0 radical (unpaired) electrons. The van der Waals surface area contributed by atoms with Gasteiger partial charge in [-0.05, 0) is 31.9 Å². The predicted molar refractivity (Wildman–Crippen MR) is 167 cm³/mol.